The number of phenols is 1. The van der Waals surface area contributed by atoms with Gasteiger partial charge in [-0.05, 0) is 57.4 Å². The van der Waals surface area contributed by atoms with E-state index in [2.05, 4.69) is 5.32 Å². The summed E-state index contributed by atoms with van der Waals surface area (Å²) >= 11 is 1.02. The normalized spacial score (nSPS) is 22.4. The van der Waals surface area contributed by atoms with Crippen molar-refractivity contribution < 1.29 is 28.9 Å². The predicted molar refractivity (Wildman–Crippen MR) is 117 cm³/mol. The number of ether oxygens (including phenoxy) is 3. The van der Waals surface area contributed by atoms with Crippen LogP contribution in [0.4, 0.5) is 4.79 Å². The van der Waals surface area contributed by atoms with Gasteiger partial charge in [0.25, 0.3) is 5.24 Å². The highest BCUT2D eigenvalue weighted by Crippen LogP contribution is 2.46. The molecule has 7 nitrogen and oxygen atoms in total. The summed E-state index contributed by atoms with van der Waals surface area (Å²) < 4.78 is 18.2. The van der Waals surface area contributed by atoms with E-state index in [0.29, 0.717) is 35.8 Å². The number of carbonyl (C=O) groups excluding carboxylic acids is 2. The Kier molecular flexibility index (Phi) is 5.51. The molecule has 0 saturated carbocycles. The third-order valence-corrected chi connectivity index (χ3v) is 6.67. The highest BCUT2D eigenvalue weighted by molar-refractivity contribution is 8.15. The SMILES string of the molecule is Cc1c(C)c2c(c(C)c1O)OCC(C)(COc1ccc(CC3SC(=O)NC3=O)cc1)O2. The van der Waals surface area contributed by atoms with Gasteiger partial charge in [0.1, 0.15) is 24.7 Å². The number of carbonyl (C=O) groups is 2. The molecule has 0 radical (unpaired) electrons. The number of nitrogens with one attached hydrogen (secondary N) is 1. The van der Waals surface area contributed by atoms with Crippen LogP contribution in [-0.4, -0.2) is 40.3 Å². The van der Waals surface area contributed by atoms with E-state index in [0.717, 1.165) is 28.5 Å². The summed E-state index contributed by atoms with van der Waals surface area (Å²) in [6.07, 6.45) is 0.485. The van der Waals surface area contributed by atoms with Crippen molar-refractivity contribution in [1.82, 2.24) is 5.32 Å². The Labute approximate surface area is 185 Å². The molecule has 164 valence electrons. The smallest absolute Gasteiger partial charge is 0.286 e. The first-order valence-electron chi connectivity index (χ1n) is 10.0. The van der Waals surface area contributed by atoms with Crippen molar-refractivity contribution in [1.29, 1.82) is 0 Å². The maximum Gasteiger partial charge on any atom is 0.286 e. The van der Waals surface area contributed by atoms with Gasteiger partial charge in [-0.2, -0.15) is 0 Å². The van der Waals surface area contributed by atoms with Crippen LogP contribution < -0.4 is 19.5 Å². The van der Waals surface area contributed by atoms with Crippen LogP contribution in [0.15, 0.2) is 24.3 Å². The third-order valence-electron chi connectivity index (χ3n) is 5.69. The Morgan fingerprint density at radius 1 is 1.13 bits per heavy atom. The van der Waals surface area contributed by atoms with Crippen molar-refractivity contribution in [2.45, 2.75) is 45.0 Å². The number of imide groups is 1. The number of hydrogen-bond acceptors (Lipinski definition) is 7. The van der Waals surface area contributed by atoms with Gasteiger partial charge >= 0.3 is 0 Å². The predicted octanol–water partition coefficient (Wildman–Crippen LogP) is 3.82. The largest absolute Gasteiger partial charge is 0.507 e. The monoisotopic (exact) mass is 443 g/mol. The molecule has 0 aromatic heterocycles. The van der Waals surface area contributed by atoms with Crippen molar-refractivity contribution in [2.75, 3.05) is 13.2 Å². The molecule has 1 fully saturated rings. The second kappa shape index (κ2) is 8.00. The molecule has 0 spiro atoms. The Morgan fingerprint density at radius 3 is 2.48 bits per heavy atom. The average molecular weight is 444 g/mol. The Balaban J connectivity index is 1.41. The Hall–Kier alpha value is -2.87. The van der Waals surface area contributed by atoms with Crippen LogP contribution in [0.2, 0.25) is 0 Å². The molecule has 2 unspecified atom stereocenters. The van der Waals surface area contributed by atoms with E-state index in [9.17, 15) is 14.7 Å². The molecule has 2 aliphatic heterocycles. The van der Waals surface area contributed by atoms with Crippen molar-refractivity contribution in [2.24, 2.45) is 0 Å². The molecule has 2 heterocycles. The summed E-state index contributed by atoms with van der Waals surface area (Å²) in [5.41, 5.74) is 2.56. The van der Waals surface area contributed by atoms with Gasteiger partial charge in [0, 0.05) is 11.1 Å². The van der Waals surface area contributed by atoms with Crippen molar-refractivity contribution in [3.63, 3.8) is 0 Å². The van der Waals surface area contributed by atoms with Crippen molar-refractivity contribution >= 4 is 22.9 Å². The zero-order chi connectivity index (χ0) is 22.3. The van der Waals surface area contributed by atoms with Gasteiger partial charge in [0.15, 0.2) is 17.1 Å². The van der Waals surface area contributed by atoms with E-state index in [1.807, 2.05) is 52.0 Å². The van der Waals surface area contributed by atoms with Gasteiger partial charge in [0.2, 0.25) is 5.91 Å². The molecule has 2 amide bonds. The fourth-order valence-electron chi connectivity index (χ4n) is 3.65. The number of hydrogen-bond donors (Lipinski definition) is 2. The van der Waals surface area contributed by atoms with E-state index in [-0.39, 0.29) is 28.8 Å². The van der Waals surface area contributed by atoms with Crippen LogP contribution in [0.3, 0.4) is 0 Å². The second-order valence-electron chi connectivity index (χ2n) is 8.24. The summed E-state index contributed by atoms with van der Waals surface area (Å²) in [7, 11) is 0. The maximum atomic E-state index is 11.7. The van der Waals surface area contributed by atoms with Gasteiger partial charge in [-0.15, -0.1) is 0 Å². The average Bonchev–Trinajstić information content (AvgIpc) is 3.06. The fourth-order valence-corrected chi connectivity index (χ4v) is 4.50. The number of fused-ring (bicyclic) bond motifs is 1. The van der Waals surface area contributed by atoms with E-state index in [4.69, 9.17) is 14.2 Å². The standard InChI is InChI=1S/C23H25NO6S/c1-12-13(2)20-19(14(3)18(12)25)29-11-23(4,30-20)10-28-16-7-5-15(6-8-16)9-17-21(26)24-22(27)31-17/h5-8,17,25H,9-11H2,1-4H3,(H,24,26,27). The van der Waals surface area contributed by atoms with Gasteiger partial charge in [-0.25, -0.2) is 0 Å². The Bertz CT molecular complexity index is 1050. The van der Waals surface area contributed by atoms with E-state index in [1.54, 1.807) is 0 Å². The quantitative estimate of drug-likeness (QED) is 0.725. The van der Waals surface area contributed by atoms with Gasteiger partial charge in [0.05, 0.1) is 5.25 Å². The third kappa shape index (κ3) is 4.17. The lowest BCUT2D eigenvalue weighted by atomic mass is 10.00. The van der Waals surface area contributed by atoms with Crippen LogP contribution in [0, 0.1) is 20.8 Å². The second-order valence-corrected chi connectivity index (χ2v) is 9.42. The molecule has 0 aliphatic carbocycles. The lowest BCUT2D eigenvalue weighted by Gasteiger charge is -2.37. The molecular formula is C23H25NO6S. The van der Waals surface area contributed by atoms with Crippen molar-refractivity contribution in [3.05, 3.63) is 46.5 Å². The molecule has 1 saturated heterocycles. The van der Waals surface area contributed by atoms with Crippen LogP contribution in [-0.2, 0) is 11.2 Å². The number of aromatic hydroxyl groups is 1. The number of phenolic OH excluding ortho intramolecular Hbond substituents is 1. The minimum Gasteiger partial charge on any atom is -0.507 e. The minimum atomic E-state index is -0.689. The first-order valence-corrected chi connectivity index (χ1v) is 10.9. The van der Waals surface area contributed by atoms with E-state index < -0.39 is 5.60 Å². The van der Waals surface area contributed by atoms with Crippen molar-refractivity contribution in [3.8, 4) is 23.0 Å². The summed E-state index contributed by atoms with van der Waals surface area (Å²) in [6, 6.07) is 7.46. The topological polar surface area (TPSA) is 94.1 Å². The highest BCUT2D eigenvalue weighted by atomic mass is 32.2. The zero-order valence-electron chi connectivity index (χ0n) is 17.9. The van der Waals surface area contributed by atoms with Crippen LogP contribution in [0.25, 0.3) is 0 Å². The number of thioether (sulfide) groups is 1. The Morgan fingerprint density at radius 2 is 1.84 bits per heavy atom. The molecule has 2 aromatic rings. The summed E-state index contributed by atoms with van der Waals surface area (Å²) in [6.45, 7) is 8.07. The molecule has 4 rings (SSSR count). The molecule has 2 aromatic carbocycles. The maximum absolute atomic E-state index is 11.7. The first kappa shape index (κ1) is 21.4. The molecule has 31 heavy (non-hydrogen) atoms. The van der Waals surface area contributed by atoms with Crippen LogP contribution >= 0.6 is 11.8 Å². The van der Waals surface area contributed by atoms with Gasteiger partial charge < -0.3 is 19.3 Å². The fraction of sp³-hybridized carbons (Fsp3) is 0.391. The lowest BCUT2D eigenvalue weighted by Crippen LogP contribution is -2.47. The summed E-state index contributed by atoms with van der Waals surface area (Å²) in [5.74, 6) is 1.88. The van der Waals surface area contributed by atoms with E-state index >= 15 is 0 Å². The first-order chi connectivity index (χ1) is 14.7. The van der Waals surface area contributed by atoms with Crippen LogP contribution in [0.1, 0.15) is 29.2 Å². The van der Waals surface area contributed by atoms with Gasteiger partial charge in [-0.1, -0.05) is 23.9 Å². The molecular weight excluding hydrogens is 418 g/mol. The molecule has 8 heteroatoms. The molecule has 0 bridgehead atoms. The number of rotatable bonds is 5. The zero-order valence-corrected chi connectivity index (χ0v) is 18.7. The number of amides is 2. The lowest BCUT2D eigenvalue weighted by molar-refractivity contribution is -0.118. The van der Waals surface area contributed by atoms with Gasteiger partial charge in [-0.3, -0.25) is 14.9 Å². The number of benzene rings is 2. The molecule has 2 aliphatic rings. The minimum absolute atomic E-state index is 0.234. The molecule has 2 atom stereocenters. The highest BCUT2D eigenvalue weighted by Gasteiger charge is 2.37. The summed E-state index contributed by atoms with van der Waals surface area (Å²) in [4.78, 5) is 23.0. The van der Waals surface area contributed by atoms with Crippen LogP contribution in [0.5, 0.6) is 23.0 Å². The molecule has 2 N–H and O–H groups in total. The van der Waals surface area contributed by atoms with E-state index in [1.165, 1.54) is 0 Å². The summed E-state index contributed by atoms with van der Waals surface area (Å²) in [5, 5.41) is 11.9.